The van der Waals surface area contributed by atoms with Crippen LogP contribution in [0.4, 0.5) is 9.59 Å². The number of amides is 4. The Kier molecular flexibility index (Phi) is 31.9. The van der Waals surface area contributed by atoms with Crippen LogP contribution in [0.15, 0.2) is 87.6 Å². The molecular formula is C97H134ClN15O14. The number of aryl methyl sites for hydroxylation is 6. The molecule has 0 spiro atoms. The van der Waals surface area contributed by atoms with Gasteiger partial charge in [-0.25, -0.2) is 19.2 Å². The predicted octanol–water partition coefficient (Wildman–Crippen LogP) is 14.0. The van der Waals surface area contributed by atoms with E-state index in [9.17, 15) is 43.5 Å². The minimum atomic E-state index is -0.899. The third kappa shape index (κ3) is 23.6. The van der Waals surface area contributed by atoms with E-state index >= 15 is 0 Å². The lowest BCUT2D eigenvalue weighted by molar-refractivity contribution is 0.0186. The van der Waals surface area contributed by atoms with Gasteiger partial charge < -0.3 is 82.7 Å². The van der Waals surface area contributed by atoms with Crippen LogP contribution in [0.3, 0.4) is 0 Å². The van der Waals surface area contributed by atoms with E-state index in [0.29, 0.717) is 110 Å². The van der Waals surface area contributed by atoms with E-state index in [2.05, 4.69) is 128 Å². The molecule has 3 unspecified atom stereocenters. The number of carbonyl (C=O) groups is 5. The van der Waals surface area contributed by atoms with E-state index in [1.807, 2.05) is 127 Å². The molecule has 4 amide bonds. The number of likely N-dealkylation sites (tertiary alicyclic amines) is 2. The molecule has 8 N–H and O–H groups in total. The zero-order valence-electron chi connectivity index (χ0n) is 77.7. The van der Waals surface area contributed by atoms with Gasteiger partial charge >= 0.3 is 18.2 Å². The summed E-state index contributed by atoms with van der Waals surface area (Å²) in [4.78, 5) is 122. The van der Waals surface area contributed by atoms with Crippen molar-refractivity contribution in [3.8, 4) is 0 Å². The van der Waals surface area contributed by atoms with Crippen LogP contribution in [-0.2, 0) is 43.3 Å². The molecule has 0 aliphatic carbocycles. The second kappa shape index (κ2) is 42.1. The number of hydrogen-bond donors (Lipinski definition) is 8. The highest BCUT2D eigenvalue weighted by Crippen LogP contribution is 2.39. The summed E-state index contributed by atoms with van der Waals surface area (Å²) in [7, 11) is 0. The van der Waals surface area contributed by atoms with E-state index in [0.717, 1.165) is 188 Å². The standard InChI is InChI=1S/C34H47N5O5.C29H39N5O3.C26H37N3O5.C8H11ClN2O/c1-21-16-22(2)36-32(41)29(21)19-35-31(40)28-18-27-17-26(25-8-10-38(11-9-25)33(42)44-34(5,6)7)20-39(27)30(23(28)3)24(4)37-12-14-43-15-13-37;1-18-13-19(2)32-29(36)26(18)16-31-28(35)25-15-24-14-23(22-5-7-30-8-6-22)17-34(24)27(20(25)3)21(4)33-9-11-37-12-10-33;1-17-22(24(30)31)15-21-14-20(16-29(21)23(17)18(2)27-10-12-33-13-11-27)19-6-8-28(9-7-19)25(32)34-26(3,4)5;1-5-3-6(2)11-8(12)7(5)4-10-9/h16-18,20,24-25H,8-15,19H2,1-7H3,(H,35,40)(H,36,41);13-15,17,21-22,30H,5-12,16H2,1-4H3,(H,31,35)(H,32,36);14-16,18-19H,6-13H2,1-5H3,(H,30,31);3,10H,4H2,1-2H3,(H,11,12). The third-order valence-corrected chi connectivity index (χ3v) is 26.1. The van der Waals surface area contributed by atoms with Crippen LogP contribution < -0.4 is 37.5 Å². The summed E-state index contributed by atoms with van der Waals surface area (Å²) in [6.07, 6.45) is 11.8. The van der Waals surface area contributed by atoms with Gasteiger partial charge in [0.2, 0.25) is 0 Å². The molecule has 6 aliphatic rings. The maximum absolute atomic E-state index is 13.7. The molecule has 3 atom stereocenters. The molecule has 29 nitrogen and oxygen atoms in total. The molecule has 0 radical (unpaired) electrons. The normalized spacial score (nSPS) is 17.6. The monoisotopic (exact) mass is 1770 g/mol. The van der Waals surface area contributed by atoms with Crippen LogP contribution in [-0.4, -0.2) is 217 Å². The summed E-state index contributed by atoms with van der Waals surface area (Å²) in [5.74, 6) is -0.106. The Bertz CT molecular complexity index is 5610. The molecule has 127 heavy (non-hydrogen) atoms. The van der Waals surface area contributed by atoms with Gasteiger partial charge in [0, 0.05) is 200 Å². The fourth-order valence-electron chi connectivity index (χ4n) is 19.0. The second-order valence-corrected chi connectivity index (χ2v) is 37.5. The number of carboxylic acids is 1. The van der Waals surface area contributed by atoms with Crippen molar-refractivity contribution >= 4 is 58.3 Å². The van der Waals surface area contributed by atoms with Gasteiger partial charge in [-0.05, 0) is 310 Å². The van der Waals surface area contributed by atoms with Gasteiger partial charge in [0.25, 0.3) is 28.5 Å². The minimum Gasteiger partial charge on any atom is -0.478 e. The van der Waals surface area contributed by atoms with E-state index in [1.54, 1.807) is 15.9 Å². The minimum absolute atomic E-state index is 0.0607. The van der Waals surface area contributed by atoms with Crippen molar-refractivity contribution < 1.29 is 52.8 Å². The summed E-state index contributed by atoms with van der Waals surface area (Å²) in [5.41, 5.74) is 19.9. The van der Waals surface area contributed by atoms with Gasteiger partial charge in [0.15, 0.2) is 0 Å². The molecule has 9 aromatic heterocycles. The molecule has 30 heteroatoms. The van der Waals surface area contributed by atoms with Crippen LogP contribution in [0.5, 0.6) is 0 Å². The summed E-state index contributed by atoms with van der Waals surface area (Å²) < 4.78 is 34.6. The van der Waals surface area contributed by atoms with Crippen molar-refractivity contribution in [3.05, 3.63) is 222 Å². The number of morpholine rings is 3. The number of halogens is 1. The molecule has 0 saturated carbocycles. The number of ether oxygens (including phenoxy) is 5. The molecule has 0 aromatic carbocycles. The number of nitrogens with zero attached hydrogens (tertiary/aromatic N) is 8. The number of carboxylic acid groups (broad SMARTS) is 1. The smallest absolute Gasteiger partial charge is 0.410 e. The largest absolute Gasteiger partial charge is 0.478 e. The Morgan fingerprint density at radius 1 is 0.433 bits per heavy atom. The summed E-state index contributed by atoms with van der Waals surface area (Å²) in [6.45, 7) is 49.8. The van der Waals surface area contributed by atoms with Crippen molar-refractivity contribution in [2.75, 3.05) is 118 Å². The average Bonchev–Trinajstić information content (AvgIpc) is 1.65. The fourth-order valence-corrected chi connectivity index (χ4v) is 19.1. The predicted molar refractivity (Wildman–Crippen MR) is 495 cm³/mol. The van der Waals surface area contributed by atoms with E-state index < -0.39 is 17.2 Å². The first-order chi connectivity index (χ1) is 60.3. The SMILES string of the molecule is Cc1c(C(=O)O)cc2cc(C3CCN(C(=O)OC(C)(C)C)CC3)cn2c1C(C)N1CCOCC1.Cc1cc(C)c(CNC(=O)c2cc3cc(C4CCN(C(=O)OC(C)(C)C)CC4)cn3c(C(C)N3CCOCC3)c2C)c(=O)[nH]1.Cc1cc(C)c(CNC(=O)c2cc3cc(C4CCNCC4)cn3c(C(C)N3CCOCC3)c2C)c(=O)[nH]1.Cc1cc(C)c(CNCl)c(=O)[nH]1. The van der Waals surface area contributed by atoms with Crippen molar-refractivity contribution in [3.63, 3.8) is 0 Å². The molecule has 15 heterocycles. The number of aromatic carboxylic acids is 1. The number of carbonyl (C=O) groups excluding carboxylic acids is 4. The van der Waals surface area contributed by atoms with E-state index in [4.69, 9.17) is 35.5 Å². The number of aromatic nitrogens is 6. The number of pyridine rings is 6. The van der Waals surface area contributed by atoms with Crippen LogP contribution in [0.1, 0.15) is 269 Å². The Morgan fingerprint density at radius 3 is 1.02 bits per heavy atom. The highest BCUT2D eigenvalue weighted by Gasteiger charge is 2.35. The van der Waals surface area contributed by atoms with Gasteiger partial charge in [-0.1, -0.05) is 0 Å². The van der Waals surface area contributed by atoms with Crippen molar-refractivity contribution in [1.29, 1.82) is 0 Å². The second-order valence-electron chi connectivity index (χ2n) is 37.2. The van der Waals surface area contributed by atoms with Crippen LogP contribution in [0.2, 0.25) is 0 Å². The number of H-pyrrole nitrogens is 3. The first-order valence-electron chi connectivity index (χ1n) is 45.1. The summed E-state index contributed by atoms with van der Waals surface area (Å²) in [6, 6.07) is 18.4. The van der Waals surface area contributed by atoms with Gasteiger partial charge in [-0.3, -0.25) is 38.7 Å². The fraction of sp³-hybridized carbons (Fsp3) is 0.546. The quantitative estimate of drug-likeness (QED) is 0.0370. The zero-order chi connectivity index (χ0) is 91.6. The van der Waals surface area contributed by atoms with Gasteiger partial charge in [-0.15, -0.1) is 0 Å². The number of rotatable bonds is 18. The lowest BCUT2D eigenvalue weighted by atomic mass is 9.91. The first-order valence-corrected chi connectivity index (χ1v) is 45.5. The van der Waals surface area contributed by atoms with Crippen LogP contribution >= 0.6 is 11.8 Å². The molecule has 15 rings (SSSR count). The van der Waals surface area contributed by atoms with E-state index in [-0.39, 0.29) is 71.9 Å². The van der Waals surface area contributed by atoms with Crippen LogP contribution in [0, 0.1) is 62.3 Å². The Morgan fingerprint density at radius 2 is 0.724 bits per heavy atom. The zero-order valence-corrected chi connectivity index (χ0v) is 78.5. The average molecular weight is 1770 g/mol. The maximum Gasteiger partial charge on any atom is 0.410 e. The Labute approximate surface area is 750 Å². The summed E-state index contributed by atoms with van der Waals surface area (Å²) in [5, 5.41) is 19.4. The molecular weight excluding hydrogens is 1630 g/mol. The van der Waals surface area contributed by atoms with Gasteiger partial charge in [0.05, 0.1) is 45.2 Å². The molecule has 0 bridgehead atoms. The van der Waals surface area contributed by atoms with Crippen molar-refractivity contribution in [1.82, 2.24) is 73.4 Å². The molecule has 9 aromatic rings. The third-order valence-electron chi connectivity index (χ3n) is 25.9. The number of hydrogen-bond acceptors (Lipinski definition) is 18. The van der Waals surface area contributed by atoms with Gasteiger partial charge in [0.1, 0.15) is 11.2 Å². The van der Waals surface area contributed by atoms with Gasteiger partial charge in [-0.2, -0.15) is 0 Å². The van der Waals surface area contributed by atoms with E-state index in [1.165, 1.54) is 16.7 Å². The Balaban J connectivity index is 0.000000163. The number of piperidine rings is 3. The highest BCUT2D eigenvalue weighted by atomic mass is 35.5. The lowest BCUT2D eigenvalue weighted by Gasteiger charge is -2.34. The molecule has 6 fully saturated rings. The number of nitrogens with one attached hydrogen (secondary N) is 7. The topological polar surface area (TPSA) is 328 Å². The molecule has 688 valence electrons. The lowest BCUT2D eigenvalue weighted by Crippen LogP contribution is -2.41. The number of aromatic amines is 3. The highest BCUT2D eigenvalue weighted by molar-refractivity contribution is 6.13. The van der Waals surface area contributed by atoms with Crippen molar-refractivity contribution in [2.24, 2.45) is 0 Å². The maximum atomic E-state index is 13.7. The molecule has 6 saturated heterocycles. The summed E-state index contributed by atoms with van der Waals surface area (Å²) >= 11 is 5.32. The number of fused-ring (bicyclic) bond motifs is 3. The Hall–Kier alpha value is -9.95. The van der Waals surface area contributed by atoms with Crippen molar-refractivity contribution in [2.45, 2.75) is 230 Å². The van der Waals surface area contributed by atoms with Crippen LogP contribution in [0.25, 0.3) is 16.6 Å². The first kappa shape index (κ1) is 96.1. The molecule has 6 aliphatic heterocycles.